The molecular formula is C18H16FN5O. The molecule has 0 saturated carbocycles. The molecule has 0 unspecified atom stereocenters. The lowest BCUT2D eigenvalue weighted by Gasteiger charge is -2.08. The highest BCUT2D eigenvalue weighted by Gasteiger charge is 2.08. The highest BCUT2D eigenvalue weighted by molar-refractivity contribution is 5.69. The molecule has 3 aromatic rings. The van der Waals surface area contributed by atoms with E-state index in [0.717, 1.165) is 11.8 Å². The Bertz CT molecular complexity index is 840. The molecule has 0 spiro atoms. The first-order chi connectivity index (χ1) is 12.2. The molecule has 0 aliphatic rings. The van der Waals surface area contributed by atoms with Gasteiger partial charge in [-0.1, -0.05) is 30.3 Å². The number of benzene rings is 1. The van der Waals surface area contributed by atoms with Gasteiger partial charge in [0.2, 0.25) is 12.4 Å². The number of nitrogens with zero attached hydrogens (tertiary/aromatic N) is 3. The number of anilines is 3. The number of aryl methyl sites for hydroxylation is 2. The van der Waals surface area contributed by atoms with E-state index >= 15 is 0 Å². The summed E-state index contributed by atoms with van der Waals surface area (Å²) in [4.78, 5) is 22.6. The van der Waals surface area contributed by atoms with Crippen LogP contribution in [0, 0.1) is 5.82 Å². The minimum atomic E-state index is -0.426. The van der Waals surface area contributed by atoms with Gasteiger partial charge in [-0.2, -0.15) is 0 Å². The van der Waals surface area contributed by atoms with E-state index in [1.54, 1.807) is 12.1 Å². The Balaban J connectivity index is 1.69. The summed E-state index contributed by atoms with van der Waals surface area (Å²) in [6, 6.07) is 13.2. The van der Waals surface area contributed by atoms with E-state index in [0.29, 0.717) is 42.4 Å². The standard InChI is InChI=1S/C18H16FN5O/c19-15-11-21-18(23-14-7-9-17(20-10-14)22-12-25)24-16(15)8-6-13-4-2-1-3-5-13/h1-5,7,9-12H,6,8H2,(H,20,22,25)(H,21,23,24). The largest absolute Gasteiger partial charge is 0.323 e. The van der Waals surface area contributed by atoms with Crippen molar-refractivity contribution in [3.63, 3.8) is 0 Å². The Labute approximate surface area is 144 Å². The zero-order valence-corrected chi connectivity index (χ0v) is 13.3. The summed E-state index contributed by atoms with van der Waals surface area (Å²) >= 11 is 0. The monoisotopic (exact) mass is 337 g/mol. The number of aromatic nitrogens is 3. The molecule has 6 nitrogen and oxygen atoms in total. The van der Waals surface area contributed by atoms with Crippen LogP contribution in [-0.2, 0) is 17.6 Å². The van der Waals surface area contributed by atoms with Gasteiger partial charge >= 0.3 is 0 Å². The first-order valence-corrected chi connectivity index (χ1v) is 7.73. The smallest absolute Gasteiger partial charge is 0.227 e. The van der Waals surface area contributed by atoms with E-state index in [4.69, 9.17) is 0 Å². The molecule has 0 fully saturated rings. The number of pyridine rings is 1. The molecule has 0 aliphatic heterocycles. The van der Waals surface area contributed by atoms with Gasteiger partial charge in [0.05, 0.1) is 23.8 Å². The summed E-state index contributed by atoms with van der Waals surface area (Å²) in [5.41, 5.74) is 2.11. The molecule has 126 valence electrons. The van der Waals surface area contributed by atoms with Crippen molar-refractivity contribution in [3.8, 4) is 0 Å². The Kier molecular flexibility index (Phi) is 5.26. The molecule has 2 heterocycles. The number of carbonyl (C=O) groups excluding carboxylic acids is 1. The van der Waals surface area contributed by atoms with Crippen LogP contribution in [0.15, 0.2) is 54.9 Å². The molecule has 0 bridgehead atoms. The molecule has 0 radical (unpaired) electrons. The van der Waals surface area contributed by atoms with E-state index in [1.807, 2.05) is 30.3 Å². The van der Waals surface area contributed by atoms with Crippen LogP contribution < -0.4 is 10.6 Å². The average molecular weight is 337 g/mol. The third-order valence-corrected chi connectivity index (χ3v) is 3.54. The van der Waals surface area contributed by atoms with Gasteiger partial charge in [-0.3, -0.25) is 4.79 Å². The second kappa shape index (κ2) is 7.96. The molecule has 0 atom stereocenters. The van der Waals surface area contributed by atoms with Gasteiger partial charge < -0.3 is 10.6 Å². The van der Waals surface area contributed by atoms with Gasteiger partial charge in [-0.05, 0) is 30.5 Å². The highest BCUT2D eigenvalue weighted by Crippen LogP contribution is 2.16. The lowest BCUT2D eigenvalue weighted by Crippen LogP contribution is -2.05. The Morgan fingerprint density at radius 2 is 1.84 bits per heavy atom. The molecule has 2 aromatic heterocycles. The van der Waals surface area contributed by atoms with Gasteiger partial charge in [0.25, 0.3) is 0 Å². The van der Waals surface area contributed by atoms with Crippen LogP contribution in [0.4, 0.5) is 21.8 Å². The maximum atomic E-state index is 13.9. The fourth-order valence-electron chi connectivity index (χ4n) is 2.29. The van der Waals surface area contributed by atoms with Crippen molar-refractivity contribution in [3.05, 3.63) is 71.9 Å². The van der Waals surface area contributed by atoms with Gasteiger partial charge in [-0.25, -0.2) is 19.3 Å². The van der Waals surface area contributed by atoms with Gasteiger partial charge in [0.15, 0.2) is 5.82 Å². The van der Waals surface area contributed by atoms with Crippen LogP contribution in [0.5, 0.6) is 0 Å². The van der Waals surface area contributed by atoms with Crippen LogP contribution in [0.3, 0.4) is 0 Å². The van der Waals surface area contributed by atoms with E-state index in [-0.39, 0.29) is 0 Å². The molecule has 7 heteroatoms. The lowest BCUT2D eigenvalue weighted by atomic mass is 10.1. The van der Waals surface area contributed by atoms with Crippen molar-refractivity contribution in [1.82, 2.24) is 15.0 Å². The number of nitrogens with one attached hydrogen (secondary N) is 2. The van der Waals surface area contributed by atoms with E-state index in [2.05, 4.69) is 25.6 Å². The zero-order chi connectivity index (χ0) is 17.5. The maximum Gasteiger partial charge on any atom is 0.227 e. The van der Waals surface area contributed by atoms with Crippen molar-refractivity contribution >= 4 is 23.9 Å². The highest BCUT2D eigenvalue weighted by atomic mass is 19.1. The number of hydrogen-bond acceptors (Lipinski definition) is 5. The van der Waals surface area contributed by atoms with Crippen LogP contribution in [0.1, 0.15) is 11.3 Å². The Morgan fingerprint density at radius 3 is 2.56 bits per heavy atom. The minimum Gasteiger partial charge on any atom is -0.323 e. The molecule has 25 heavy (non-hydrogen) atoms. The third-order valence-electron chi connectivity index (χ3n) is 3.54. The quantitative estimate of drug-likeness (QED) is 0.648. The van der Waals surface area contributed by atoms with Crippen molar-refractivity contribution in [2.75, 3.05) is 10.6 Å². The molecule has 1 amide bonds. The second-order valence-corrected chi connectivity index (χ2v) is 5.29. The van der Waals surface area contributed by atoms with E-state index < -0.39 is 5.82 Å². The Morgan fingerprint density at radius 1 is 1.00 bits per heavy atom. The van der Waals surface area contributed by atoms with Crippen LogP contribution in [-0.4, -0.2) is 21.4 Å². The van der Waals surface area contributed by atoms with E-state index in [1.165, 1.54) is 6.20 Å². The molecule has 3 rings (SSSR count). The molecule has 1 aromatic carbocycles. The fraction of sp³-hybridized carbons (Fsp3) is 0.111. The normalized spacial score (nSPS) is 10.3. The third kappa shape index (κ3) is 4.57. The van der Waals surface area contributed by atoms with Gasteiger partial charge in [0.1, 0.15) is 5.82 Å². The summed E-state index contributed by atoms with van der Waals surface area (Å²) in [5.74, 6) is 0.302. The zero-order valence-electron chi connectivity index (χ0n) is 13.3. The van der Waals surface area contributed by atoms with Crippen LogP contribution in [0.2, 0.25) is 0 Å². The van der Waals surface area contributed by atoms with Gasteiger partial charge in [-0.15, -0.1) is 0 Å². The summed E-state index contributed by atoms with van der Waals surface area (Å²) in [5, 5.41) is 5.42. The summed E-state index contributed by atoms with van der Waals surface area (Å²) in [6.07, 6.45) is 4.42. The first kappa shape index (κ1) is 16.5. The van der Waals surface area contributed by atoms with Gasteiger partial charge in [0, 0.05) is 0 Å². The predicted molar refractivity (Wildman–Crippen MR) is 93.0 cm³/mol. The number of hydrogen-bond donors (Lipinski definition) is 2. The summed E-state index contributed by atoms with van der Waals surface area (Å²) in [7, 11) is 0. The van der Waals surface area contributed by atoms with Crippen molar-refractivity contribution < 1.29 is 9.18 Å². The Hall–Kier alpha value is -3.35. The maximum absolute atomic E-state index is 13.9. The average Bonchev–Trinajstić information content (AvgIpc) is 2.65. The van der Waals surface area contributed by atoms with Crippen LogP contribution in [0.25, 0.3) is 0 Å². The number of carbonyl (C=O) groups is 1. The number of amides is 1. The summed E-state index contributed by atoms with van der Waals surface area (Å²) < 4.78 is 13.9. The summed E-state index contributed by atoms with van der Waals surface area (Å²) in [6.45, 7) is 0. The molecule has 2 N–H and O–H groups in total. The minimum absolute atomic E-state index is 0.294. The van der Waals surface area contributed by atoms with Crippen LogP contribution >= 0.6 is 0 Å². The molecular weight excluding hydrogens is 321 g/mol. The molecule has 0 saturated heterocycles. The topological polar surface area (TPSA) is 79.8 Å². The molecule has 0 aliphatic carbocycles. The van der Waals surface area contributed by atoms with Crippen molar-refractivity contribution in [2.24, 2.45) is 0 Å². The fourth-order valence-corrected chi connectivity index (χ4v) is 2.29. The van der Waals surface area contributed by atoms with Crippen molar-refractivity contribution in [2.45, 2.75) is 12.8 Å². The predicted octanol–water partition coefficient (Wildman–Crippen LogP) is 3.11. The van der Waals surface area contributed by atoms with E-state index in [9.17, 15) is 9.18 Å². The number of halogens is 1. The van der Waals surface area contributed by atoms with Crippen molar-refractivity contribution in [1.29, 1.82) is 0 Å². The lowest BCUT2D eigenvalue weighted by molar-refractivity contribution is -0.105. The second-order valence-electron chi connectivity index (χ2n) is 5.29. The number of rotatable bonds is 7. The SMILES string of the molecule is O=CNc1ccc(Nc2ncc(F)c(CCc3ccccc3)n2)cn1. The first-order valence-electron chi connectivity index (χ1n) is 7.73.